The monoisotopic (exact) mass is 177 g/mol. The van der Waals surface area contributed by atoms with E-state index in [9.17, 15) is 0 Å². The molecule has 1 unspecified atom stereocenters. The Bertz CT molecular complexity index is 281. The molecular weight excluding hydrogens is 162 g/mol. The maximum absolute atomic E-state index is 5.48. The highest BCUT2D eigenvalue weighted by molar-refractivity contribution is 5.51. The van der Waals surface area contributed by atoms with Gasteiger partial charge in [-0.1, -0.05) is 36.9 Å². The lowest BCUT2D eigenvalue weighted by Gasteiger charge is -2.09. The molecule has 0 aromatic heterocycles. The van der Waals surface area contributed by atoms with Gasteiger partial charge in [-0.15, -0.1) is 0 Å². The number of rotatable bonds is 4. The highest BCUT2D eigenvalue weighted by Crippen LogP contribution is 2.11. The van der Waals surface area contributed by atoms with E-state index in [2.05, 4.69) is 6.58 Å². The molecule has 70 valence electrons. The fraction of sp³-hybridized carbons (Fsp3) is 0.273. The van der Waals surface area contributed by atoms with Gasteiger partial charge in [0.15, 0.2) is 0 Å². The third kappa shape index (κ3) is 3.01. The van der Waals surface area contributed by atoms with Gasteiger partial charge in [-0.3, -0.25) is 0 Å². The molecule has 1 aromatic rings. The average Bonchev–Trinajstić information content (AvgIpc) is 2.15. The Morgan fingerprint density at radius 1 is 1.54 bits per heavy atom. The highest BCUT2D eigenvalue weighted by Gasteiger charge is 1.99. The van der Waals surface area contributed by atoms with E-state index in [0.717, 1.165) is 11.1 Å². The number of hydrogen-bond acceptors (Lipinski definition) is 2. The first-order valence-electron chi connectivity index (χ1n) is 4.31. The molecule has 1 aromatic carbocycles. The van der Waals surface area contributed by atoms with Crippen molar-refractivity contribution in [3.63, 3.8) is 0 Å². The van der Waals surface area contributed by atoms with E-state index in [1.807, 2.05) is 37.3 Å². The van der Waals surface area contributed by atoms with Crippen LogP contribution in [0.5, 0.6) is 0 Å². The lowest BCUT2D eigenvalue weighted by atomic mass is 10.1. The molecule has 0 spiro atoms. The molecule has 0 saturated heterocycles. The third-order valence-corrected chi connectivity index (χ3v) is 1.78. The molecule has 2 heteroatoms. The van der Waals surface area contributed by atoms with Crippen molar-refractivity contribution in [1.82, 2.24) is 0 Å². The maximum Gasteiger partial charge on any atom is 0.103 e. The van der Waals surface area contributed by atoms with Crippen LogP contribution in [0.1, 0.15) is 18.1 Å². The first kappa shape index (κ1) is 9.96. The second-order valence-electron chi connectivity index (χ2n) is 2.92. The van der Waals surface area contributed by atoms with Crippen molar-refractivity contribution in [2.45, 2.75) is 19.8 Å². The summed E-state index contributed by atoms with van der Waals surface area (Å²) in [6.07, 6.45) is 1.60. The molecule has 0 fully saturated rings. The summed E-state index contributed by atoms with van der Waals surface area (Å²) in [5.41, 5.74) is 7.70. The summed E-state index contributed by atoms with van der Waals surface area (Å²) in [5.74, 6) is 0. The zero-order valence-corrected chi connectivity index (χ0v) is 7.86. The van der Waals surface area contributed by atoms with E-state index < -0.39 is 0 Å². The Morgan fingerprint density at radius 3 is 2.85 bits per heavy atom. The number of benzene rings is 1. The Kier molecular flexibility index (Phi) is 3.68. The first-order valence-corrected chi connectivity index (χ1v) is 4.31. The largest absolute Gasteiger partial charge is 0.359 e. The van der Waals surface area contributed by atoms with Crippen LogP contribution in [0.2, 0.25) is 0 Å². The van der Waals surface area contributed by atoms with Gasteiger partial charge in [0.05, 0.1) is 6.61 Å². The molecule has 0 bridgehead atoms. The van der Waals surface area contributed by atoms with Gasteiger partial charge < -0.3 is 10.5 Å². The van der Waals surface area contributed by atoms with Crippen LogP contribution >= 0.6 is 0 Å². The van der Waals surface area contributed by atoms with E-state index in [4.69, 9.17) is 10.5 Å². The van der Waals surface area contributed by atoms with Gasteiger partial charge in [-0.25, -0.2) is 0 Å². The van der Waals surface area contributed by atoms with Crippen LogP contribution in [-0.4, -0.2) is 6.23 Å². The molecule has 0 saturated carbocycles. The molecule has 2 N–H and O–H groups in total. The number of ether oxygens (including phenoxy) is 1. The fourth-order valence-corrected chi connectivity index (χ4v) is 1.09. The minimum atomic E-state index is -0.224. The van der Waals surface area contributed by atoms with Crippen LogP contribution in [0.15, 0.2) is 30.8 Å². The average molecular weight is 177 g/mol. The van der Waals surface area contributed by atoms with Crippen LogP contribution in [-0.2, 0) is 11.3 Å². The fourth-order valence-electron chi connectivity index (χ4n) is 1.09. The molecule has 0 amide bonds. The molecule has 0 aliphatic heterocycles. The quantitative estimate of drug-likeness (QED) is 0.715. The van der Waals surface area contributed by atoms with Gasteiger partial charge in [0.1, 0.15) is 6.23 Å². The molecule has 1 atom stereocenters. The van der Waals surface area contributed by atoms with Crippen LogP contribution in [0, 0.1) is 0 Å². The van der Waals surface area contributed by atoms with Gasteiger partial charge >= 0.3 is 0 Å². The minimum absolute atomic E-state index is 0.224. The van der Waals surface area contributed by atoms with Crippen LogP contribution in [0.25, 0.3) is 6.08 Å². The van der Waals surface area contributed by atoms with Crippen LogP contribution in [0.4, 0.5) is 0 Å². The summed E-state index contributed by atoms with van der Waals surface area (Å²) >= 11 is 0. The van der Waals surface area contributed by atoms with Gasteiger partial charge in [-0.2, -0.15) is 0 Å². The van der Waals surface area contributed by atoms with Gasteiger partial charge in [0.25, 0.3) is 0 Å². The van der Waals surface area contributed by atoms with Gasteiger partial charge in [0.2, 0.25) is 0 Å². The van der Waals surface area contributed by atoms with Crippen molar-refractivity contribution in [3.05, 3.63) is 42.0 Å². The summed E-state index contributed by atoms with van der Waals surface area (Å²) in [7, 11) is 0. The van der Waals surface area contributed by atoms with Crippen molar-refractivity contribution in [2.75, 3.05) is 0 Å². The number of nitrogens with two attached hydrogens (primary N) is 1. The van der Waals surface area contributed by atoms with E-state index in [1.54, 1.807) is 0 Å². The molecule has 0 heterocycles. The predicted octanol–water partition coefficient (Wildman–Crippen LogP) is 2.15. The predicted molar refractivity (Wildman–Crippen MR) is 55.0 cm³/mol. The molecular formula is C11H15NO. The zero-order chi connectivity index (χ0) is 9.68. The molecule has 1 rings (SSSR count). The summed E-state index contributed by atoms with van der Waals surface area (Å²) in [4.78, 5) is 0. The van der Waals surface area contributed by atoms with E-state index in [-0.39, 0.29) is 6.23 Å². The third-order valence-electron chi connectivity index (χ3n) is 1.78. The van der Waals surface area contributed by atoms with Crippen LogP contribution in [0.3, 0.4) is 0 Å². The lowest BCUT2D eigenvalue weighted by Crippen LogP contribution is -2.18. The topological polar surface area (TPSA) is 35.2 Å². The molecule has 0 aliphatic rings. The summed E-state index contributed by atoms with van der Waals surface area (Å²) < 4.78 is 5.30. The van der Waals surface area contributed by atoms with Crippen LogP contribution < -0.4 is 5.73 Å². The second-order valence-corrected chi connectivity index (χ2v) is 2.92. The van der Waals surface area contributed by atoms with Gasteiger partial charge in [0, 0.05) is 0 Å². The van der Waals surface area contributed by atoms with Crippen molar-refractivity contribution in [1.29, 1.82) is 0 Å². The van der Waals surface area contributed by atoms with E-state index >= 15 is 0 Å². The lowest BCUT2D eigenvalue weighted by molar-refractivity contribution is 0.0576. The second kappa shape index (κ2) is 4.80. The van der Waals surface area contributed by atoms with Crippen molar-refractivity contribution in [3.8, 4) is 0 Å². The highest BCUT2D eigenvalue weighted by atomic mass is 16.5. The Labute approximate surface area is 79.0 Å². The van der Waals surface area contributed by atoms with Crippen molar-refractivity contribution in [2.24, 2.45) is 5.73 Å². The molecule has 13 heavy (non-hydrogen) atoms. The Balaban J connectivity index is 2.69. The minimum Gasteiger partial charge on any atom is -0.359 e. The normalized spacial score (nSPS) is 12.5. The summed E-state index contributed by atoms with van der Waals surface area (Å²) in [6, 6.07) is 7.98. The molecule has 0 radical (unpaired) electrons. The van der Waals surface area contributed by atoms with E-state index in [1.165, 1.54) is 0 Å². The van der Waals surface area contributed by atoms with Gasteiger partial charge in [-0.05, 0) is 18.1 Å². The molecule has 2 nitrogen and oxygen atoms in total. The first-order chi connectivity index (χ1) is 6.24. The van der Waals surface area contributed by atoms with E-state index in [0.29, 0.717) is 6.61 Å². The SMILES string of the molecule is C=Cc1ccccc1COC(C)N. The zero-order valence-electron chi connectivity index (χ0n) is 7.86. The Morgan fingerprint density at radius 2 is 2.23 bits per heavy atom. The summed E-state index contributed by atoms with van der Waals surface area (Å²) in [5, 5.41) is 0. The Hall–Kier alpha value is -1.12. The number of hydrogen-bond donors (Lipinski definition) is 1. The molecule has 0 aliphatic carbocycles. The standard InChI is InChI=1S/C11H15NO/c1-3-10-6-4-5-7-11(10)8-13-9(2)12/h3-7,9H,1,8,12H2,2H3. The van der Waals surface area contributed by atoms with Crippen molar-refractivity contribution < 1.29 is 4.74 Å². The smallest absolute Gasteiger partial charge is 0.103 e. The maximum atomic E-state index is 5.48. The summed E-state index contributed by atoms with van der Waals surface area (Å²) in [6.45, 7) is 6.09. The van der Waals surface area contributed by atoms with Crippen molar-refractivity contribution >= 4 is 6.08 Å².